The zero-order chi connectivity index (χ0) is 22.9. The summed E-state index contributed by atoms with van der Waals surface area (Å²) in [4.78, 5) is 45.8. The van der Waals surface area contributed by atoms with Gasteiger partial charge in [-0.3, -0.25) is 14.4 Å². The predicted octanol–water partition coefficient (Wildman–Crippen LogP) is 3.47. The van der Waals surface area contributed by atoms with E-state index in [9.17, 15) is 14.4 Å². The van der Waals surface area contributed by atoms with Gasteiger partial charge in [0.05, 0.1) is 11.1 Å². The summed E-state index contributed by atoms with van der Waals surface area (Å²) in [6.07, 6.45) is 0.680. The van der Waals surface area contributed by atoms with Crippen molar-refractivity contribution < 1.29 is 14.3 Å². The highest BCUT2D eigenvalue weighted by molar-refractivity contribution is 7.22. The second kappa shape index (κ2) is 8.51. The third-order valence-corrected chi connectivity index (χ3v) is 6.57. The molecule has 8 nitrogen and oxygen atoms in total. The zero-order valence-electron chi connectivity index (χ0n) is 17.7. The Hall–Kier alpha value is -3.98. The van der Waals surface area contributed by atoms with Gasteiger partial charge in [-0.25, -0.2) is 4.98 Å². The average Bonchev–Trinajstić information content (AvgIpc) is 3.22. The SMILES string of the molecule is CCc1c(-c2ccccc2)sc2nc(C(=O)NCc3ccc4c(c3)NC(=O)CO4)[nH]c(=O)c12. The van der Waals surface area contributed by atoms with Gasteiger partial charge < -0.3 is 20.4 Å². The lowest BCUT2D eigenvalue weighted by atomic mass is 10.1. The molecule has 0 atom stereocenters. The molecule has 1 aliphatic rings. The molecule has 0 radical (unpaired) electrons. The first kappa shape index (κ1) is 20.9. The number of hydrogen-bond acceptors (Lipinski definition) is 6. The Bertz CT molecular complexity index is 1440. The fraction of sp³-hybridized carbons (Fsp3) is 0.167. The lowest BCUT2D eigenvalue weighted by Crippen LogP contribution is -2.28. The first-order chi connectivity index (χ1) is 16.0. The molecule has 0 bridgehead atoms. The van der Waals surface area contributed by atoms with Gasteiger partial charge >= 0.3 is 0 Å². The number of aryl methyl sites for hydroxylation is 1. The van der Waals surface area contributed by atoms with Crippen molar-refractivity contribution in [1.82, 2.24) is 15.3 Å². The van der Waals surface area contributed by atoms with Gasteiger partial charge in [0.15, 0.2) is 6.61 Å². The largest absolute Gasteiger partial charge is 0.482 e. The zero-order valence-corrected chi connectivity index (χ0v) is 18.5. The summed E-state index contributed by atoms with van der Waals surface area (Å²) in [7, 11) is 0. The molecule has 0 spiro atoms. The highest BCUT2D eigenvalue weighted by Crippen LogP contribution is 2.36. The number of carbonyl (C=O) groups is 2. The molecule has 2 aromatic carbocycles. The summed E-state index contributed by atoms with van der Waals surface area (Å²) < 4.78 is 5.34. The van der Waals surface area contributed by atoms with Crippen LogP contribution in [0.2, 0.25) is 0 Å². The van der Waals surface area contributed by atoms with E-state index >= 15 is 0 Å². The van der Waals surface area contributed by atoms with Gasteiger partial charge in [-0.1, -0.05) is 43.3 Å². The number of fused-ring (bicyclic) bond motifs is 2. The first-order valence-electron chi connectivity index (χ1n) is 10.5. The number of hydrogen-bond donors (Lipinski definition) is 3. The van der Waals surface area contributed by atoms with Crippen molar-refractivity contribution in [2.75, 3.05) is 11.9 Å². The van der Waals surface area contributed by atoms with Crippen molar-refractivity contribution in [2.24, 2.45) is 0 Å². The number of nitrogens with zero attached hydrogens (tertiary/aromatic N) is 1. The van der Waals surface area contributed by atoms with Gasteiger partial charge in [-0.2, -0.15) is 0 Å². The molecule has 0 aliphatic carbocycles. The molecule has 5 rings (SSSR count). The van der Waals surface area contributed by atoms with Gasteiger partial charge in [0.1, 0.15) is 10.6 Å². The summed E-state index contributed by atoms with van der Waals surface area (Å²) in [5.74, 6) is -0.166. The number of thiophene rings is 1. The summed E-state index contributed by atoms with van der Waals surface area (Å²) in [5.41, 5.74) is 2.96. The molecule has 3 N–H and O–H groups in total. The van der Waals surface area contributed by atoms with Crippen LogP contribution in [0.4, 0.5) is 5.69 Å². The van der Waals surface area contributed by atoms with Crippen molar-refractivity contribution in [3.63, 3.8) is 0 Å². The monoisotopic (exact) mass is 460 g/mol. The van der Waals surface area contributed by atoms with Crippen LogP contribution >= 0.6 is 11.3 Å². The van der Waals surface area contributed by atoms with Crippen molar-refractivity contribution in [3.8, 4) is 16.2 Å². The average molecular weight is 461 g/mol. The Balaban J connectivity index is 1.41. The minimum absolute atomic E-state index is 0.0148. The summed E-state index contributed by atoms with van der Waals surface area (Å²) in [6.45, 7) is 2.18. The quantitative estimate of drug-likeness (QED) is 0.422. The van der Waals surface area contributed by atoms with E-state index in [4.69, 9.17) is 4.74 Å². The fourth-order valence-corrected chi connectivity index (χ4v) is 5.11. The van der Waals surface area contributed by atoms with Crippen LogP contribution in [0.15, 0.2) is 53.3 Å². The molecule has 0 saturated carbocycles. The van der Waals surface area contributed by atoms with Crippen LogP contribution in [0.3, 0.4) is 0 Å². The Morgan fingerprint density at radius 2 is 2.00 bits per heavy atom. The third-order valence-electron chi connectivity index (χ3n) is 5.40. The predicted molar refractivity (Wildman–Crippen MR) is 127 cm³/mol. The molecular formula is C24H20N4O4S. The number of rotatable bonds is 5. The van der Waals surface area contributed by atoms with Crippen LogP contribution in [-0.2, 0) is 17.8 Å². The number of anilines is 1. The van der Waals surface area contributed by atoms with Crippen molar-refractivity contribution in [3.05, 3.63) is 75.8 Å². The Morgan fingerprint density at radius 3 is 2.79 bits per heavy atom. The molecular weight excluding hydrogens is 440 g/mol. The molecule has 1 aliphatic heterocycles. The molecule has 4 aromatic rings. The molecule has 166 valence electrons. The van der Waals surface area contributed by atoms with E-state index < -0.39 is 5.91 Å². The summed E-state index contributed by atoms with van der Waals surface area (Å²) >= 11 is 1.41. The van der Waals surface area contributed by atoms with Crippen LogP contribution in [0.5, 0.6) is 5.75 Å². The van der Waals surface area contributed by atoms with Gasteiger partial charge in [0.2, 0.25) is 5.82 Å². The number of benzene rings is 2. The third kappa shape index (κ3) is 3.98. The number of carbonyl (C=O) groups excluding carboxylic acids is 2. The summed E-state index contributed by atoms with van der Waals surface area (Å²) in [5, 5.41) is 6.04. The van der Waals surface area contributed by atoms with Crippen LogP contribution in [0.25, 0.3) is 20.7 Å². The van der Waals surface area contributed by atoms with Crippen LogP contribution in [0, 0.1) is 0 Å². The Kier molecular flexibility index (Phi) is 5.39. The molecule has 2 aromatic heterocycles. The van der Waals surface area contributed by atoms with E-state index in [-0.39, 0.29) is 30.4 Å². The van der Waals surface area contributed by atoms with E-state index in [1.165, 1.54) is 11.3 Å². The fourth-order valence-electron chi connectivity index (χ4n) is 3.84. The number of amides is 2. The van der Waals surface area contributed by atoms with Gasteiger partial charge in [-0.15, -0.1) is 11.3 Å². The van der Waals surface area contributed by atoms with Gasteiger partial charge in [0, 0.05) is 11.4 Å². The van der Waals surface area contributed by atoms with E-state index in [1.54, 1.807) is 18.2 Å². The number of aromatic nitrogens is 2. The van der Waals surface area contributed by atoms with Crippen molar-refractivity contribution in [2.45, 2.75) is 19.9 Å². The van der Waals surface area contributed by atoms with Crippen molar-refractivity contribution >= 4 is 39.1 Å². The Labute approximate surface area is 192 Å². The van der Waals surface area contributed by atoms with E-state index in [0.29, 0.717) is 28.1 Å². The van der Waals surface area contributed by atoms with E-state index in [1.807, 2.05) is 37.3 Å². The molecule has 33 heavy (non-hydrogen) atoms. The molecule has 0 unspecified atom stereocenters. The smallest absolute Gasteiger partial charge is 0.287 e. The van der Waals surface area contributed by atoms with E-state index in [0.717, 1.165) is 21.6 Å². The number of H-pyrrole nitrogens is 1. The lowest BCUT2D eigenvalue weighted by Gasteiger charge is -2.18. The molecule has 0 saturated heterocycles. The van der Waals surface area contributed by atoms with Crippen LogP contribution < -0.4 is 20.9 Å². The second-order valence-electron chi connectivity index (χ2n) is 7.57. The molecule has 2 amide bonds. The number of aromatic amines is 1. The van der Waals surface area contributed by atoms with Gasteiger partial charge in [0.25, 0.3) is 17.4 Å². The standard InChI is InChI=1S/C24H20N4O4S/c1-2-15-19-22(30)27-21(28-24(19)33-20(15)14-6-4-3-5-7-14)23(31)25-11-13-8-9-17-16(10-13)26-18(29)12-32-17/h3-10H,2,11-12H2,1H3,(H,25,31)(H,26,29)(H,27,28,30). The molecule has 9 heteroatoms. The maximum absolute atomic E-state index is 12.9. The van der Waals surface area contributed by atoms with Crippen LogP contribution in [-0.4, -0.2) is 28.4 Å². The minimum atomic E-state index is -0.486. The maximum atomic E-state index is 12.9. The maximum Gasteiger partial charge on any atom is 0.287 e. The van der Waals surface area contributed by atoms with Gasteiger partial charge in [-0.05, 0) is 35.2 Å². The van der Waals surface area contributed by atoms with Crippen molar-refractivity contribution in [1.29, 1.82) is 0 Å². The highest BCUT2D eigenvalue weighted by Gasteiger charge is 2.20. The Morgan fingerprint density at radius 1 is 1.18 bits per heavy atom. The minimum Gasteiger partial charge on any atom is -0.482 e. The lowest BCUT2D eigenvalue weighted by molar-refractivity contribution is -0.118. The molecule has 0 fully saturated rings. The van der Waals surface area contributed by atoms with Crippen LogP contribution in [0.1, 0.15) is 28.7 Å². The number of nitrogens with one attached hydrogen (secondary N) is 3. The first-order valence-corrected chi connectivity index (χ1v) is 11.3. The summed E-state index contributed by atoms with van der Waals surface area (Å²) in [6, 6.07) is 15.1. The second-order valence-corrected chi connectivity index (χ2v) is 8.57. The highest BCUT2D eigenvalue weighted by atomic mass is 32.1. The van der Waals surface area contributed by atoms with E-state index in [2.05, 4.69) is 20.6 Å². The topological polar surface area (TPSA) is 113 Å². The number of ether oxygens (including phenoxy) is 1. The molecule has 3 heterocycles. The normalized spacial score (nSPS) is 12.7.